The predicted molar refractivity (Wildman–Crippen MR) is 63.1 cm³/mol. The third-order valence-corrected chi connectivity index (χ3v) is 3.18. The fraction of sp³-hybridized carbons (Fsp3) is 0.750. The van der Waals surface area contributed by atoms with E-state index in [-0.39, 0.29) is 12.1 Å². The van der Waals surface area contributed by atoms with E-state index in [0.29, 0.717) is 6.04 Å². The summed E-state index contributed by atoms with van der Waals surface area (Å²) in [5, 5.41) is 13.0. The van der Waals surface area contributed by atoms with E-state index in [1.807, 2.05) is 12.5 Å². The van der Waals surface area contributed by atoms with Crippen LogP contribution >= 0.6 is 0 Å². The first-order valence-corrected chi connectivity index (χ1v) is 6.06. The molecule has 0 saturated heterocycles. The van der Waals surface area contributed by atoms with Gasteiger partial charge in [-0.2, -0.15) is 0 Å². The number of aliphatic hydroxyl groups excluding tert-OH is 1. The zero-order valence-electron chi connectivity index (χ0n) is 9.89. The second-order valence-corrected chi connectivity index (χ2v) is 5.04. The van der Waals surface area contributed by atoms with E-state index in [0.717, 1.165) is 19.4 Å². The van der Waals surface area contributed by atoms with Gasteiger partial charge in [-0.3, -0.25) is 0 Å². The van der Waals surface area contributed by atoms with Crippen molar-refractivity contribution in [3.63, 3.8) is 0 Å². The summed E-state index contributed by atoms with van der Waals surface area (Å²) in [7, 11) is 0. The summed E-state index contributed by atoms with van der Waals surface area (Å²) in [6, 6.07) is 0.644. The second kappa shape index (κ2) is 4.97. The first kappa shape index (κ1) is 11.6. The van der Waals surface area contributed by atoms with E-state index >= 15 is 0 Å². The number of nitrogens with zero attached hydrogens (tertiary/aromatic N) is 2. The van der Waals surface area contributed by atoms with Crippen LogP contribution < -0.4 is 5.32 Å². The number of imidazole rings is 1. The highest BCUT2D eigenvalue weighted by atomic mass is 16.3. The fourth-order valence-electron chi connectivity index (χ4n) is 1.99. The lowest BCUT2D eigenvalue weighted by Gasteiger charge is -2.29. The Kier molecular flexibility index (Phi) is 3.61. The van der Waals surface area contributed by atoms with Crippen LogP contribution in [0.15, 0.2) is 18.7 Å². The van der Waals surface area contributed by atoms with Gasteiger partial charge in [0.2, 0.25) is 0 Å². The molecule has 0 spiro atoms. The molecular formula is C12H21N3O. The van der Waals surface area contributed by atoms with Crippen molar-refractivity contribution in [2.24, 2.45) is 0 Å². The maximum absolute atomic E-state index is 9.44. The molecule has 90 valence electrons. The van der Waals surface area contributed by atoms with Crippen molar-refractivity contribution in [1.82, 2.24) is 14.9 Å². The zero-order chi connectivity index (χ0) is 11.4. The molecule has 0 radical (unpaired) electrons. The van der Waals surface area contributed by atoms with E-state index in [1.165, 1.54) is 12.8 Å². The number of nitrogens with one attached hydrogen (secondary N) is 1. The number of aliphatic hydroxyl groups is 1. The molecule has 1 saturated carbocycles. The fourth-order valence-corrected chi connectivity index (χ4v) is 1.99. The van der Waals surface area contributed by atoms with Gasteiger partial charge >= 0.3 is 0 Å². The van der Waals surface area contributed by atoms with Crippen molar-refractivity contribution in [3.8, 4) is 0 Å². The Labute approximate surface area is 96.7 Å². The molecule has 1 atom stereocenters. The maximum Gasteiger partial charge on any atom is 0.0945 e. The van der Waals surface area contributed by atoms with Crippen LogP contribution in [0.3, 0.4) is 0 Å². The molecule has 2 N–H and O–H groups in total. The van der Waals surface area contributed by atoms with Crippen LogP contribution in [0.4, 0.5) is 0 Å². The summed E-state index contributed by atoms with van der Waals surface area (Å²) in [6.45, 7) is 3.30. The van der Waals surface area contributed by atoms with Gasteiger partial charge in [0.1, 0.15) is 0 Å². The smallest absolute Gasteiger partial charge is 0.0945 e. The molecule has 1 fully saturated rings. The monoisotopic (exact) mass is 223 g/mol. The van der Waals surface area contributed by atoms with E-state index in [2.05, 4.69) is 21.8 Å². The van der Waals surface area contributed by atoms with Crippen LogP contribution in [-0.4, -0.2) is 32.8 Å². The lowest BCUT2D eigenvalue weighted by molar-refractivity contribution is 0.160. The topological polar surface area (TPSA) is 50.1 Å². The molecule has 1 heterocycles. The van der Waals surface area contributed by atoms with Crippen molar-refractivity contribution in [1.29, 1.82) is 0 Å². The highest BCUT2D eigenvalue weighted by Crippen LogP contribution is 2.24. The minimum Gasteiger partial charge on any atom is -0.394 e. The van der Waals surface area contributed by atoms with Gasteiger partial charge in [-0.05, 0) is 32.6 Å². The molecule has 1 aromatic rings. The minimum atomic E-state index is -0.109. The van der Waals surface area contributed by atoms with Crippen molar-refractivity contribution in [2.75, 3.05) is 6.61 Å². The molecule has 1 aliphatic rings. The standard InChI is InChI=1S/C12H21N3O/c1-12(9-16,14-11-3-4-11)5-2-7-15-8-6-13-10-15/h6,8,10-11,14,16H,2-5,7,9H2,1H3. The lowest BCUT2D eigenvalue weighted by Crippen LogP contribution is -2.47. The van der Waals surface area contributed by atoms with Crippen molar-refractivity contribution >= 4 is 0 Å². The first-order chi connectivity index (χ1) is 7.72. The van der Waals surface area contributed by atoms with Crippen molar-refractivity contribution in [2.45, 2.75) is 50.7 Å². The lowest BCUT2D eigenvalue weighted by atomic mass is 9.96. The van der Waals surface area contributed by atoms with Gasteiger partial charge in [-0.25, -0.2) is 4.98 Å². The molecule has 4 nitrogen and oxygen atoms in total. The average Bonchev–Trinajstić information content (AvgIpc) is 2.92. The van der Waals surface area contributed by atoms with Gasteiger partial charge in [0.25, 0.3) is 0 Å². The molecular weight excluding hydrogens is 202 g/mol. The van der Waals surface area contributed by atoms with Crippen LogP contribution in [0.5, 0.6) is 0 Å². The predicted octanol–water partition coefficient (Wildman–Crippen LogP) is 1.17. The Hall–Kier alpha value is -0.870. The first-order valence-electron chi connectivity index (χ1n) is 6.06. The molecule has 0 aromatic carbocycles. The Bertz CT molecular complexity index is 308. The van der Waals surface area contributed by atoms with Gasteiger partial charge in [-0.15, -0.1) is 0 Å². The summed E-state index contributed by atoms with van der Waals surface area (Å²) >= 11 is 0. The quantitative estimate of drug-likeness (QED) is 0.729. The number of aromatic nitrogens is 2. The van der Waals surface area contributed by atoms with Crippen molar-refractivity contribution < 1.29 is 5.11 Å². The summed E-state index contributed by atoms with van der Waals surface area (Å²) in [5.41, 5.74) is -0.109. The van der Waals surface area contributed by atoms with Crippen molar-refractivity contribution in [3.05, 3.63) is 18.7 Å². The number of hydrogen-bond donors (Lipinski definition) is 2. The molecule has 4 heteroatoms. The maximum atomic E-state index is 9.44. The van der Waals surface area contributed by atoms with Crippen LogP contribution in [0.2, 0.25) is 0 Å². The highest BCUT2D eigenvalue weighted by Gasteiger charge is 2.31. The normalized spacial score (nSPS) is 19.6. The zero-order valence-corrected chi connectivity index (χ0v) is 9.89. The van der Waals surface area contributed by atoms with Crippen LogP contribution in [0, 0.1) is 0 Å². The molecule has 1 aliphatic carbocycles. The largest absolute Gasteiger partial charge is 0.394 e. The molecule has 0 amide bonds. The molecule has 1 aromatic heterocycles. The third-order valence-electron chi connectivity index (χ3n) is 3.18. The number of rotatable bonds is 7. The molecule has 2 rings (SSSR count). The van der Waals surface area contributed by atoms with Crippen LogP contribution in [0.25, 0.3) is 0 Å². The highest BCUT2D eigenvalue weighted by molar-refractivity contribution is 4.92. The Morgan fingerprint density at radius 3 is 2.94 bits per heavy atom. The summed E-state index contributed by atoms with van der Waals surface area (Å²) < 4.78 is 2.08. The SMILES string of the molecule is CC(CO)(CCCn1ccnc1)NC1CC1. The summed E-state index contributed by atoms with van der Waals surface area (Å²) in [6.07, 6.45) is 10.2. The molecule has 16 heavy (non-hydrogen) atoms. The molecule has 1 unspecified atom stereocenters. The number of hydrogen-bond acceptors (Lipinski definition) is 3. The average molecular weight is 223 g/mol. The van der Waals surface area contributed by atoms with E-state index < -0.39 is 0 Å². The van der Waals surface area contributed by atoms with Gasteiger partial charge in [0.15, 0.2) is 0 Å². The van der Waals surface area contributed by atoms with E-state index in [9.17, 15) is 5.11 Å². The Morgan fingerprint density at radius 1 is 1.56 bits per heavy atom. The minimum absolute atomic E-state index is 0.109. The summed E-state index contributed by atoms with van der Waals surface area (Å²) in [5.74, 6) is 0. The van der Waals surface area contributed by atoms with E-state index in [4.69, 9.17) is 0 Å². The summed E-state index contributed by atoms with van der Waals surface area (Å²) in [4.78, 5) is 4.01. The molecule has 0 aliphatic heterocycles. The van der Waals surface area contributed by atoms with Gasteiger partial charge in [0, 0.05) is 30.5 Å². The van der Waals surface area contributed by atoms with E-state index in [1.54, 1.807) is 6.20 Å². The van der Waals surface area contributed by atoms with Crippen LogP contribution in [-0.2, 0) is 6.54 Å². The van der Waals surface area contributed by atoms with Gasteiger partial charge in [0.05, 0.1) is 12.9 Å². The second-order valence-electron chi connectivity index (χ2n) is 5.04. The number of aryl methyl sites for hydroxylation is 1. The third kappa shape index (κ3) is 3.32. The molecule has 0 bridgehead atoms. The Balaban J connectivity index is 1.73. The Morgan fingerprint density at radius 2 is 2.38 bits per heavy atom. The van der Waals surface area contributed by atoms with Gasteiger partial charge in [-0.1, -0.05) is 0 Å². The van der Waals surface area contributed by atoms with Crippen LogP contribution in [0.1, 0.15) is 32.6 Å². The van der Waals surface area contributed by atoms with Gasteiger partial charge < -0.3 is 15.0 Å².